The molecule has 0 aliphatic rings. The van der Waals surface area contributed by atoms with Gasteiger partial charge in [0.2, 0.25) is 5.91 Å². The van der Waals surface area contributed by atoms with Gasteiger partial charge in [0.25, 0.3) is 0 Å². The van der Waals surface area contributed by atoms with E-state index in [0.717, 1.165) is 0 Å². The Kier molecular flexibility index (Phi) is 6.42. The predicted octanol–water partition coefficient (Wildman–Crippen LogP) is -1.41. The summed E-state index contributed by atoms with van der Waals surface area (Å²) in [6.45, 7) is 3.93. The second-order valence-electron chi connectivity index (χ2n) is 3.46. The maximum atomic E-state index is 10.7. The Morgan fingerprint density at radius 2 is 1.93 bits per heavy atom. The van der Waals surface area contributed by atoms with Gasteiger partial charge in [-0.25, -0.2) is 0 Å². The van der Waals surface area contributed by atoms with E-state index in [4.69, 9.17) is 14.9 Å². The first kappa shape index (κ1) is 14.3. The van der Waals surface area contributed by atoms with E-state index in [1.54, 1.807) is 6.92 Å². The zero-order valence-corrected chi connectivity index (χ0v) is 9.17. The minimum absolute atomic E-state index is 0.374. The van der Waals surface area contributed by atoms with Crippen LogP contribution in [0, 0.1) is 0 Å². The van der Waals surface area contributed by atoms with Gasteiger partial charge in [0.1, 0.15) is 6.04 Å². The Balaban J connectivity index is 4.14. The summed E-state index contributed by atoms with van der Waals surface area (Å²) in [6.07, 6.45) is -2.66. The first-order chi connectivity index (χ1) is 6.88. The van der Waals surface area contributed by atoms with Crippen molar-refractivity contribution in [1.29, 1.82) is 0 Å². The van der Waals surface area contributed by atoms with E-state index in [1.807, 2.05) is 0 Å². The molecule has 6 nitrogen and oxygen atoms in total. The molecule has 0 bridgehead atoms. The molecule has 0 spiro atoms. The lowest BCUT2D eigenvalue weighted by atomic mass is 10.2. The van der Waals surface area contributed by atoms with Crippen LogP contribution in [-0.4, -0.2) is 52.4 Å². The summed E-state index contributed by atoms with van der Waals surface area (Å²) in [5.74, 6) is -0.374. The molecule has 0 radical (unpaired) electrons. The highest BCUT2D eigenvalue weighted by atomic mass is 16.6. The van der Waals surface area contributed by atoms with Crippen LogP contribution in [0.15, 0.2) is 0 Å². The fourth-order valence-corrected chi connectivity index (χ4v) is 0.897. The fraction of sp³-hybridized carbons (Fsp3) is 0.889. The number of hydrogen-bond donors (Lipinski definition) is 4. The van der Waals surface area contributed by atoms with Crippen LogP contribution in [0.5, 0.6) is 0 Å². The van der Waals surface area contributed by atoms with Crippen molar-refractivity contribution in [3.05, 3.63) is 0 Å². The number of carbonyl (C=O) groups excluding carboxylic acids is 1. The van der Waals surface area contributed by atoms with Crippen LogP contribution in [0.4, 0.5) is 0 Å². The van der Waals surface area contributed by atoms with Crippen molar-refractivity contribution in [3.8, 4) is 0 Å². The summed E-state index contributed by atoms with van der Waals surface area (Å²) in [4.78, 5) is 10.7. The molecule has 15 heavy (non-hydrogen) atoms. The standard InChI is InChI=1S/C9H19NO5/c1-5(12)6(2)15-9(14)8(4-11)10-7(3)13/h5-6,8-9,11-12,14H,4H2,1-3H3,(H,10,13)/t5-,6?,8-,9?/m0/s1. The number of amides is 1. The molecular weight excluding hydrogens is 202 g/mol. The molecule has 0 aromatic carbocycles. The highest BCUT2D eigenvalue weighted by molar-refractivity contribution is 5.73. The molecule has 90 valence electrons. The molecule has 0 aliphatic carbocycles. The zero-order valence-electron chi connectivity index (χ0n) is 9.17. The van der Waals surface area contributed by atoms with Crippen molar-refractivity contribution in [2.24, 2.45) is 0 Å². The molecule has 1 amide bonds. The number of aliphatic hydroxyl groups is 3. The minimum Gasteiger partial charge on any atom is -0.394 e. The van der Waals surface area contributed by atoms with Gasteiger partial charge < -0.3 is 25.4 Å². The molecule has 2 unspecified atom stereocenters. The monoisotopic (exact) mass is 221 g/mol. The summed E-state index contributed by atoms with van der Waals surface area (Å²) in [5, 5.41) is 29.8. The van der Waals surface area contributed by atoms with E-state index in [1.165, 1.54) is 13.8 Å². The van der Waals surface area contributed by atoms with E-state index in [-0.39, 0.29) is 5.91 Å². The third kappa shape index (κ3) is 5.68. The first-order valence-electron chi connectivity index (χ1n) is 4.78. The van der Waals surface area contributed by atoms with Gasteiger partial charge in [-0.2, -0.15) is 0 Å². The van der Waals surface area contributed by atoms with Crippen LogP contribution >= 0.6 is 0 Å². The molecule has 0 heterocycles. The molecule has 4 atom stereocenters. The fourth-order valence-electron chi connectivity index (χ4n) is 0.897. The number of hydrogen-bond acceptors (Lipinski definition) is 5. The van der Waals surface area contributed by atoms with Crippen LogP contribution in [0.1, 0.15) is 20.8 Å². The summed E-state index contributed by atoms with van der Waals surface area (Å²) in [7, 11) is 0. The third-order valence-electron chi connectivity index (χ3n) is 1.96. The quantitative estimate of drug-likeness (QED) is 0.413. The smallest absolute Gasteiger partial charge is 0.217 e. The number of carbonyl (C=O) groups is 1. The Labute approximate surface area is 88.9 Å². The maximum absolute atomic E-state index is 10.7. The summed E-state index contributed by atoms with van der Waals surface area (Å²) in [5.41, 5.74) is 0. The molecule has 0 aromatic heterocycles. The van der Waals surface area contributed by atoms with Crippen molar-refractivity contribution < 1.29 is 24.9 Å². The summed E-state index contributed by atoms with van der Waals surface area (Å²) in [6, 6.07) is -0.885. The average Bonchev–Trinajstić information content (AvgIpc) is 2.13. The van der Waals surface area contributed by atoms with Gasteiger partial charge in [0.05, 0.1) is 18.8 Å². The van der Waals surface area contributed by atoms with Gasteiger partial charge in [-0.3, -0.25) is 4.79 Å². The SMILES string of the molecule is CC(=O)N[C@@H](CO)C(O)OC(C)[C@H](C)O. The number of rotatable bonds is 6. The van der Waals surface area contributed by atoms with Gasteiger partial charge in [-0.1, -0.05) is 0 Å². The second-order valence-corrected chi connectivity index (χ2v) is 3.46. The molecular formula is C9H19NO5. The van der Waals surface area contributed by atoms with Crippen LogP contribution in [0.25, 0.3) is 0 Å². The minimum atomic E-state index is -1.34. The van der Waals surface area contributed by atoms with Crippen molar-refractivity contribution in [2.45, 2.75) is 45.3 Å². The zero-order chi connectivity index (χ0) is 12.0. The van der Waals surface area contributed by atoms with Crippen LogP contribution in [-0.2, 0) is 9.53 Å². The number of aliphatic hydroxyl groups excluding tert-OH is 3. The average molecular weight is 221 g/mol. The lowest BCUT2D eigenvalue weighted by Gasteiger charge is -2.26. The number of nitrogens with one attached hydrogen (secondary N) is 1. The molecule has 6 heteroatoms. The molecule has 4 N–H and O–H groups in total. The largest absolute Gasteiger partial charge is 0.394 e. The molecule has 0 saturated carbocycles. The van der Waals surface area contributed by atoms with Gasteiger partial charge >= 0.3 is 0 Å². The Hall–Kier alpha value is -0.690. The third-order valence-corrected chi connectivity index (χ3v) is 1.96. The lowest BCUT2D eigenvalue weighted by Crippen LogP contribution is -2.48. The maximum Gasteiger partial charge on any atom is 0.217 e. The highest BCUT2D eigenvalue weighted by Gasteiger charge is 2.23. The number of ether oxygens (including phenoxy) is 1. The lowest BCUT2D eigenvalue weighted by molar-refractivity contribution is -0.176. The predicted molar refractivity (Wildman–Crippen MR) is 52.9 cm³/mol. The van der Waals surface area contributed by atoms with Crippen LogP contribution in [0.3, 0.4) is 0 Å². The second kappa shape index (κ2) is 6.73. The summed E-state index contributed by atoms with van der Waals surface area (Å²) < 4.78 is 5.00. The Bertz CT molecular complexity index is 197. The molecule has 0 aliphatic heterocycles. The molecule has 0 rings (SSSR count). The molecule has 0 aromatic rings. The first-order valence-corrected chi connectivity index (χ1v) is 4.78. The van der Waals surface area contributed by atoms with Gasteiger partial charge in [0.15, 0.2) is 6.29 Å². The van der Waals surface area contributed by atoms with Gasteiger partial charge in [-0.15, -0.1) is 0 Å². The topological polar surface area (TPSA) is 99.0 Å². The summed E-state index contributed by atoms with van der Waals surface area (Å²) >= 11 is 0. The van der Waals surface area contributed by atoms with E-state index >= 15 is 0 Å². The van der Waals surface area contributed by atoms with Crippen molar-refractivity contribution in [1.82, 2.24) is 5.32 Å². The van der Waals surface area contributed by atoms with Crippen LogP contribution in [0.2, 0.25) is 0 Å². The van der Waals surface area contributed by atoms with Crippen molar-refractivity contribution in [2.75, 3.05) is 6.61 Å². The van der Waals surface area contributed by atoms with Gasteiger partial charge in [0, 0.05) is 6.92 Å². The van der Waals surface area contributed by atoms with Crippen molar-refractivity contribution >= 4 is 5.91 Å². The normalized spacial score (nSPS) is 19.1. The van der Waals surface area contributed by atoms with E-state index < -0.39 is 31.1 Å². The Morgan fingerprint density at radius 1 is 1.40 bits per heavy atom. The van der Waals surface area contributed by atoms with Gasteiger partial charge in [-0.05, 0) is 13.8 Å². The molecule has 0 fully saturated rings. The van der Waals surface area contributed by atoms with Crippen molar-refractivity contribution in [3.63, 3.8) is 0 Å². The van der Waals surface area contributed by atoms with E-state index in [0.29, 0.717) is 0 Å². The van der Waals surface area contributed by atoms with E-state index in [9.17, 15) is 9.90 Å². The Morgan fingerprint density at radius 3 is 2.27 bits per heavy atom. The van der Waals surface area contributed by atoms with E-state index in [2.05, 4.69) is 5.32 Å². The van der Waals surface area contributed by atoms with Crippen LogP contribution < -0.4 is 5.32 Å². The molecule has 0 saturated heterocycles. The highest BCUT2D eigenvalue weighted by Crippen LogP contribution is 2.04.